The monoisotopic (exact) mass is 431 g/mol. The van der Waals surface area contributed by atoms with Crippen LogP contribution in [-0.4, -0.2) is 64.7 Å². The minimum absolute atomic E-state index is 0.101. The second-order valence-corrected chi connectivity index (χ2v) is 7.23. The third-order valence-corrected chi connectivity index (χ3v) is 4.85. The predicted octanol–water partition coefficient (Wildman–Crippen LogP) is 2.21. The highest BCUT2D eigenvalue weighted by atomic mass is 19.4. The lowest BCUT2D eigenvalue weighted by molar-refractivity contribution is -0.140. The minimum Gasteiger partial charge on any atom is -0.377 e. The second kappa shape index (κ2) is 7.15. The molecule has 2 N–H and O–H groups in total. The van der Waals surface area contributed by atoms with E-state index in [2.05, 4.69) is 19.9 Å². The van der Waals surface area contributed by atoms with E-state index >= 15 is 0 Å². The van der Waals surface area contributed by atoms with Crippen LogP contribution >= 0.6 is 0 Å². The topological polar surface area (TPSA) is 93.3 Å². The highest BCUT2D eigenvalue weighted by molar-refractivity contribution is 5.68. The molecule has 4 heterocycles. The Morgan fingerprint density at radius 1 is 1.20 bits per heavy atom. The van der Waals surface area contributed by atoms with Gasteiger partial charge in [-0.05, 0) is 6.92 Å². The van der Waals surface area contributed by atoms with Gasteiger partial charge in [-0.3, -0.25) is 0 Å². The third-order valence-electron chi connectivity index (χ3n) is 4.85. The van der Waals surface area contributed by atoms with Crippen LogP contribution in [0.4, 0.5) is 39.7 Å². The summed E-state index contributed by atoms with van der Waals surface area (Å²) in [5.74, 6) is -3.19. The summed E-state index contributed by atoms with van der Waals surface area (Å²) < 4.78 is 72.8. The lowest BCUT2D eigenvalue weighted by Crippen LogP contribution is -2.56. The first-order valence-electron chi connectivity index (χ1n) is 9.10. The number of nitrogen functional groups attached to an aromatic ring is 1. The van der Waals surface area contributed by atoms with Crippen LogP contribution in [0.1, 0.15) is 12.6 Å². The van der Waals surface area contributed by atoms with Gasteiger partial charge in [-0.1, -0.05) is 0 Å². The Hall–Kier alpha value is -2.83. The molecule has 4 rings (SSSR count). The first-order valence-corrected chi connectivity index (χ1v) is 9.10. The Kier molecular flexibility index (Phi) is 4.87. The van der Waals surface area contributed by atoms with E-state index < -0.39 is 42.4 Å². The van der Waals surface area contributed by atoms with E-state index in [-0.39, 0.29) is 23.5 Å². The van der Waals surface area contributed by atoms with Gasteiger partial charge in [-0.25, -0.2) is 23.7 Å². The van der Waals surface area contributed by atoms with Gasteiger partial charge in [-0.15, -0.1) is 0 Å². The number of alkyl halides is 5. The average molecular weight is 431 g/mol. The smallest absolute Gasteiger partial charge is 0.377 e. The van der Waals surface area contributed by atoms with Crippen LogP contribution in [0, 0.1) is 0 Å². The van der Waals surface area contributed by atoms with Gasteiger partial charge in [0.05, 0.1) is 38.0 Å². The minimum atomic E-state index is -4.81. The third kappa shape index (κ3) is 3.93. The summed E-state index contributed by atoms with van der Waals surface area (Å²) in [6.07, 6.45) is -3.89. The summed E-state index contributed by atoms with van der Waals surface area (Å²) in [6.45, 7) is 1.86. The van der Waals surface area contributed by atoms with Crippen molar-refractivity contribution in [2.45, 2.75) is 25.1 Å². The van der Waals surface area contributed by atoms with Gasteiger partial charge >= 0.3 is 6.18 Å². The van der Waals surface area contributed by atoms with E-state index in [9.17, 15) is 22.0 Å². The summed E-state index contributed by atoms with van der Waals surface area (Å²) in [7, 11) is 0. The van der Waals surface area contributed by atoms with Crippen molar-refractivity contribution in [3.8, 4) is 11.3 Å². The number of morpholine rings is 1. The number of halogens is 5. The molecule has 0 saturated carbocycles. The van der Waals surface area contributed by atoms with E-state index in [1.54, 1.807) is 4.90 Å². The van der Waals surface area contributed by atoms with E-state index in [0.29, 0.717) is 19.8 Å². The predicted molar refractivity (Wildman–Crippen MR) is 97.3 cm³/mol. The molecule has 162 valence electrons. The zero-order chi connectivity index (χ0) is 21.7. The van der Waals surface area contributed by atoms with E-state index in [4.69, 9.17) is 10.5 Å². The van der Waals surface area contributed by atoms with Gasteiger partial charge in [0.25, 0.3) is 5.92 Å². The fourth-order valence-corrected chi connectivity index (χ4v) is 3.35. The van der Waals surface area contributed by atoms with Crippen LogP contribution in [0.15, 0.2) is 12.3 Å². The zero-order valence-electron chi connectivity index (χ0n) is 15.8. The standard InChI is InChI=1S/C17H18F5N7O/c1-9-6-30-3-2-29(9)15-25-11(4-12(26-15)28-7-16(18,19)8-28)10-5-24-14(23)27-13(10)17(20,21)22/h4-5,9H,2-3,6-8H2,1H3,(H2,23,24,27)/t9-/m1/s1. The van der Waals surface area contributed by atoms with Crippen molar-refractivity contribution >= 4 is 17.7 Å². The number of hydrogen-bond donors (Lipinski definition) is 1. The average Bonchev–Trinajstić information content (AvgIpc) is 2.65. The van der Waals surface area contributed by atoms with E-state index in [1.165, 1.54) is 11.0 Å². The SMILES string of the molecule is C[C@@H]1COCCN1c1nc(-c2cnc(N)nc2C(F)(F)F)cc(N2CC(F)(F)C2)n1. The molecule has 0 radical (unpaired) electrons. The molecule has 0 aromatic carbocycles. The molecular formula is C17H18F5N7O. The molecule has 0 bridgehead atoms. The molecule has 2 saturated heterocycles. The first-order chi connectivity index (χ1) is 14.0. The number of rotatable bonds is 3. The molecule has 2 aliphatic rings. The van der Waals surface area contributed by atoms with Crippen LogP contribution in [0.5, 0.6) is 0 Å². The second-order valence-electron chi connectivity index (χ2n) is 7.23. The summed E-state index contributed by atoms with van der Waals surface area (Å²) in [5, 5.41) is 0. The van der Waals surface area contributed by atoms with E-state index in [1.807, 2.05) is 6.92 Å². The number of ether oxygens (including phenoxy) is 1. The van der Waals surface area contributed by atoms with Gasteiger partial charge in [0.2, 0.25) is 11.9 Å². The van der Waals surface area contributed by atoms with Crippen molar-refractivity contribution in [2.24, 2.45) is 0 Å². The first kappa shape index (κ1) is 20.4. The molecule has 30 heavy (non-hydrogen) atoms. The summed E-state index contributed by atoms with van der Waals surface area (Å²) >= 11 is 0. The molecule has 0 amide bonds. The van der Waals surface area contributed by atoms with Crippen molar-refractivity contribution in [1.29, 1.82) is 0 Å². The van der Waals surface area contributed by atoms with Gasteiger partial charge in [0.1, 0.15) is 5.82 Å². The maximum atomic E-state index is 13.5. The number of hydrogen-bond acceptors (Lipinski definition) is 8. The zero-order valence-corrected chi connectivity index (χ0v) is 15.8. The molecule has 1 atom stereocenters. The van der Waals surface area contributed by atoms with Crippen molar-refractivity contribution in [3.05, 3.63) is 18.0 Å². The highest BCUT2D eigenvalue weighted by Gasteiger charge is 2.45. The molecule has 0 aliphatic carbocycles. The Morgan fingerprint density at radius 2 is 1.93 bits per heavy atom. The lowest BCUT2D eigenvalue weighted by atomic mass is 10.1. The summed E-state index contributed by atoms with van der Waals surface area (Å²) in [6, 6.07) is 1.08. The number of aromatic nitrogens is 4. The van der Waals surface area contributed by atoms with Gasteiger partial charge in [0, 0.05) is 24.4 Å². The van der Waals surface area contributed by atoms with Crippen molar-refractivity contribution in [3.63, 3.8) is 0 Å². The van der Waals surface area contributed by atoms with Gasteiger partial charge in [-0.2, -0.15) is 18.2 Å². The number of nitrogens with zero attached hydrogens (tertiary/aromatic N) is 6. The molecule has 0 unspecified atom stereocenters. The largest absolute Gasteiger partial charge is 0.434 e. The molecular weight excluding hydrogens is 413 g/mol. The number of anilines is 3. The fraction of sp³-hybridized carbons (Fsp3) is 0.529. The summed E-state index contributed by atoms with van der Waals surface area (Å²) in [5.41, 5.74) is 3.55. The van der Waals surface area contributed by atoms with Crippen molar-refractivity contribution in [1.82, 2.24) is 19.9 Å². The quantitative estimate of drug-likeness (QED) is 0.740. The molecule has 2 fully saturated rings. The molecule has 8 nitrogen and oxygen atoms in total. The Balaban J connectivity index is 1.83. The Morgan fingerprint density at radius 3 is 2.57 bits per heavy atom. The van der Waals surface area contributed by atoms with E-state index in [0.717, 1.165) is 6.20 Å². The molecule has 2 aliphatic heterocycles. The summed E-state index contributed by atoms with van der Waals surface area (Å²) in [4.78, 5) is 18.6. The maximum Gasteiger partial charge on any atom is 0.434 e. The Bertz CT molecular complexity index is 947. The molecule has 0 spiro atoms. The lowest BCUT2D eigenvalue weighted by Gasteiger charge is -2.40. The normalized spacial score (nSPS) is 21.5. The van der Waals surface area contributed by atoms with Crippen LogP contribution in [-0.2, 0) is 10.9 Å². The van der Waals surface area contributed by atoms with Gasteiger partial charge in [0.15, 0.2) is 5.69 Å². The van der Waals surface area contributed by atoms with Crippen LogP contribution in [0.25, 0.3) is 11.3 Å². The molecule has 2 aromatic rings. The Labute approximate surface area is 167 Å². The van der Waals surface area contributed by atoms with Crippen LogP contribution in [0.2, 0.25) is 0 Å². The molecule has 2 aromatic heterocycles. The van der Waals surface area contributed by atoms with Gasteiger partial charge < -0.3 is 20.3 Å². The van der Waals surface area contributed by atoms with Crippen molar-refractivity contribution < 1.29 is 26.7 Å². The fourth-order valence-electron chi connectivity index (χ4n) is 3.35. The maximum absolute atomic E-state index is 13.5. The van der Waals surface area contributed by atoms with Crippen LogP contribution in [0.3, 0.4) is 0 Å². The number of nitrogens with two attached hydrogens (primary N) is 1. The highest BCUT2D eigenvalue weighted by Crippen LogP contribution is 2.38. The molecule has 13 heteroatoms. The van der Waals surface area contributed by atoms with Crippen LogP contribution < -0.4 is 15.5 Å². The van der Waals surface area contributed by atoms with Crippen molar-refractivity contribution in [2.75, 3.05) is 48.4 Å².